The van der Waals surface area contributed by atoms with E-state index < -0.39 is 0 Å². The monoisotopic (exact) mass is 198 g/mol. The van der Waals surface area contributed by atoms with Crippen molar-refractivity contribution in [2.75, 3.05) is 13.6 Å². The first kappa shape index (κ1) is 12.0. The molecular weight excluding hydrogens is 172 g/mol. The van der Waals surface area contributed by atoms with E-state index in [1.54, 1.807) is 0 Å². The standard InChI is InChI=1S/C12H26N2/c1-4-10(2)12(13)9-14(3)11-7-5-6-8-11/h10-12H,4-9,13H2,1-3H3. The highest BCUT2D eigenvalue weighted by Gasteiger charge is 2.22. The molecule has 84 valence electrons. The molecule has 1 fully saturated rings. The highest BCUT2D eigenvalue weighted by molar-refractivity contribution is 4.79. The fourth-order valence-electron chi connectivity index (χ4n) is 2.31. The molecule has 1 aliphatic carbocycles. The van der Waals surface area contributed by atoms with Crippen LogP contribution in [0.25, 0.3) is 0 Å². The average molecular weight is 198 g/mol. The van der Waals surface area contributed by atoms with Crippen LogP contribution in [0.4, 0.5) is 0 Å². The maximum absolute atomic E-state index is 6.15. The first-order chi connectivity index (χ1) is 6.65. The summed E-state index contributed by atoms with van der Waals surface area (Å²) >= 11 is 0. The smallest absolute Gasteiger partial charge is 0.0193 e. The van der Waals surface area contributed by atoms with Crippen LogP contribution in [-0.2, 0) is 0 Å². The molecule has 0 radical (unpaired) electrons. The van der Waals surface area contributed by atoms with Crippen molar-refractivity contribution in [3.8, 4) is 0 Å². The van der Waals surface area contributed by atoms with Crippen molar-refractivity contribution in [3.05, 3.63) is 0 Å². The van der Waals surface area contributed by atoms with Crippen LogP contribution in [0.5, 0.6) is 0 Å². The van der Waals surface area contributed by atoms with E-state index in [-0.39, 0.29) is 0 Å². The average Bonchev–Trinajstić information content (AvgIpc) is 2.69. The van der Waals surface area contributed by atoms with Crippen LogP contribution < -0.4 is 5.73 Å². The van der Waals surface area contributed by atoms with Crippen molar-refractivity contribution in [2.24, 2.45) is 11.7 Å². The molecule has 2 unspecified atom stereocenters. The minimum Gasteiger partial charge on any atom is -0.326 e. The minimum atomic E-state index is 0.352. The van der Waals surface area contributed by atoms with Crippen molar-refractivity contribution in [1.82, 2.24) is 4.90 Å². The van der Waals surface area contributed by atoms with Gasteiger partial charge in [0.05, 0.1) is 0 Å². The molecule has 0 bridgehead atoms. The Bertz CT molecular complexity index is 152. The van der Waals surface area contributed by atoms with Gasteiger partial charge >= 0.3 is 0 Å². The summed E-state index contributed by atoms with van der Waals surface area (Å²) in [5.74, 6) is 0.652. The van der Waals surface area contributed by atoms with Gasteiger partial charge in [0.25, 0.3) is 0 Å². The molecule has 0 saturated heterocycles. The van der Waals surface area contributed by atoms with Crippen molar-refractivity contribution in [1.29, 1.82) is 0 Å². The molecule has 0 aromatic heterocycles. The molecule has 0 spiro atoms. The summed E-state index contributed by atoms with van der Waals surface area (Å²) in [7, 11) is 2.23. The van der Waals surface area contributed by atoms with E-state index in [2.05, 4.69) is 25.8 Å². The maximum atomic E-state index is 6.15. The first-order valence-electron chi connectivity index (χ1n) is 6.11. The Hall–Kier alpha value is -0.0800. The number of hydrogen-bond acceptors (Lipinski definition) is 2. The van der Waals surface area contributed by atoms with E-state index in [9.17, 15) is 0 Å². The molecule has 14 heavy (non-hydrogen) atoms. The highest BCUT2D eigenvalue weighted by atomic mass is 15.1. The molecule has 0 aromatic rings. The molecule has 2 nitrogen and oxygen atoms in total. The Morgan fingerprint density at radius 3 is 2.43 bits per heavy atom. The lowest BCUT2D eigenvalue weighted by atomic mass is 9.99. The van der Waals surface area contributed by atoms with E-state index in [1.807, 2.05) is 0 Å². The summed E-state index contributed by atoms with van der Waals surface area (Å²) in [6, 6.07) is 1.16. The van der Waals surface area contributed by atoms with Crippen LogP contribution in [0.2, 0.25) is 0 Å². The zero-order valence-corrected chi connectivity index (χ0v) is 10.00. The molecule has 0 amide bonds. The fourth-order valence-corrected chi connectivity index (χ4v) is 2.31. The van der Waals surface area contributed by atoms with Gasteiger partial charge in [0.15, 0.2) is 0 Å². The predicted molar refractivity (Wildman–Crippen MR) is 62.3 cm³/mol. The fraction of sp³-hybridized carbons (Fsp3) is 1.00. The Morgan fingerprint density at radius 1 is 1.36 bits per heavy atom. The lowest BCUT2D eigenvalue weighted by molar-refractivity contribution is 0.211. The summed E-state index contributed by atoms with van der Waals surface area (Å²) in [4.78, 5) is 2.48. The van der Waals surface area contributed by atoms with Gasteiger partial charge in [-0.25, -0.2) is 0 Å². The number of hydrogen-bond donors (Lipinski definition) is 1. The van der Waals surface area contributed by atoms with Crippen LogP contribution in [-0.4, -0.2) is 30.6 Å². The molecule has 1 saturated carbocycles. The summed E-state index contributed by atoms with van der Waals surface area (Å²) in [6.45, 7) is 5.55. The third kappa shape index (κ3) is 3.25. The van der Waals surface area contributed by atoms with E-state index in [1.165, 1.54) is 32.1 Å². The quantitative estimate of drug-likeness (QED) is 0.734. The van der Waals surface area contributed by atoms with Crippen LogP contribution in [0, 0.1) is 5.92 Å². The van der Waals surface area contributed by atoms with Gasteiger partial charge in [-0.15, -0.1) is 0 Å². The van der Waals surface area contributed by atoms with Crippen LogP contribution in [0.1, 0.15) is 46.0 Å². The van der Waals surface area contributed by atoms with Crippen molar-refractivity contribution < 1.29 is 0 Å². The topological polar surface area (TPSA) is 29.3 Å². The minimum absolute atomic E-state index is 0.352. The Kier molecular flexibility index (Phi) is 4.90. The number of nitrogens with two attached hydrogens (primary N) is 1. The second-order valence-electron chi connectivity index (χ2n) is 4.93. The van der Waals surface area contributed by atoms with Crippen molar-refractivity contribution >= 4 is 0 Å². The zero-order valence-electron chi connectivity index (χ0n) is 10.00. The van der Waals surface area contributed by atoms with E-state index >= 15 is 0 Å². The van der Waals surface area contributed by atoms with Crippen molar-refractivity contribution in [2.45, 2.75) is 58.0 Å². The van der Waals surface area contributed by atoms with Crippen molar-refractivity contribution in [3.63, 3.8) is 0 Å². The number of nitrogens with zero attached hydrogens (tertiary/aromatic N) is 1. The highest BCUT2D eigenvalue weighted by Crippen LogP contribution is 2.22. The Labute approximate surface area is 88.8 Å². The molecule has 0 aliphatic heterocycles. The van der Waals surface area contributed by atoms with E-state index in [0.717, 1.165) is 12.6 Å². The molecule has 1 aliphatic rings. The number of rotatable bonds is 5. The molecule has 2 atom stereocenters. The van der Waals surface area contributed by atoms with Gasteiger partial charge in [0, 0.05) is 18.6 Å². The SMILES string of the molecule is CCC(C)C(N)CN(C)C1CCCC1. The second-order valence-corrected chi connectivity index (χ2v) is 4.93. The largest absolute Gasteiger partial charge is 0.326 e. The zero-order chi connectivity index (χ0) is 10.6. The normalized spacial score (nSPS) is 22.9. The molecule has 1 rings (SSSR count). The molecule has 0 aromatic carbocycles. The summed E-state index contributed by atoms with van der Waals surface area (Å²) in [5.41, 5.74) is 6.15. The van der Waals surface area contributed by atoms with Gasteiger partial charge in [-0.1, -0.05) is 33.1 Å². The summed E-state index contributed by atoms with van der Waals surface area (Å²) in [6.07, 6.45) is 6.77. The molecule has 2 N–H and O–H groups in total. The predicted octanol–water partition coefficient (Wildman–Crippen LogP) is 2.23. The van der Waals surface area contributed by atoms with Crippen LogP contribution >= 0.6 is 0 Å². The second kappa shape index (κ2) is 5.72. The van der Waals surface area contributed by atoms with Gasteiger partial charge in [-0.3, -0.25) is 0 Å². The van der Waals surface area contributed by atoms with Gasteiger partial charge in [0.2, 0.25) is 0 Å². The van der Waals surface area contributed by atoms with E-state index in [0.29, 0.717) is 12.0 Å². The lowest BCUT2D eigenvalue weighted by Gasteiger charge is -2.29. The van der Waals surface area contributed by atoms with Gasteiger partial charge in [-0.05, 0) is 25.8 Å². The molecule has 2 heteroatoms. The number of likely N-dealkylation sites (N-methyl/N-ethyl adjacent to an activating group) is 1. The third-order valence-electron chi connectivity index (χ3n) is 3.82. The molecular formula is C12H26N2. The van der Waals surface area contributed by atoms with Gasteiger partial charge < -0.3 is 10.6 Å². The van der Waals surface area contributed by atoms with Gasteiger partial charge in [-0.2, -0.15) is 0 Å². The van der Waals surface area contributed by atoms with Crippen LogP contribution in [0.15, 0.2) is 0 Å². The van der Waals surface area contributed by atoms with Crippen LogP contribution in [0.3, 0.4) is 0 Å². The summed E-state index contributed by atoms with van der Waals surface area (Å²) in [5, 5.41) is 0. The van der Waals surface area contributed by atoms with Gasteiger partial charge in [0.1, 0.15) is 0 Å². The lowest BCUT2D eigenvalue weighted by Crippen LogP contribution is -2.43. The van der Waals surface area contributed by atoms with E-state index in [4.69, 9.17) is 5.73 Å². The summed E-state index contributed by atoms with van der Waals surface area (Å²) < 4.78 is 0. The maximum Gasteiger partial charge on any atom is 0.0193 e. The Morgan fingerprint density at radius 2 is 1.93 bits per heavy atom. The molecule has 0 heterocycles. The third-order valence-corrected chi connectivity index (χ3v) is 3.82. The first-order valence-corrected chi connectivity index (χ1v) is 6.11. The Balaban J connectivity index is 2.27.